The Labute approximate surface area is 87.8 Å². The van der Waals surface area contributed by atoms with Gasteiger partial charge in [-0.2, -0.15) is 0 Å². The minimum atomic E-state index is -0.368. The Morgan fingerprint density at radius 1 is 1.67 bits per heavy atom. The molecule has 2 heterocycles. The zero-order valence-corrected chi connectivity index (χ0v) is 8.87. The van der Waals surface area contributed by atoms with Crippen molar-refractivity contribution in [1.82, 2.24) is 5.16 Å². The molecule has 0 unspecified atom stereocenters. The molecule has 1 saturated heterocycles. The summed E-state index contributed by atoms with van der Waals surface area (Å²) in [6, 6.07) is 1.70. The molecule has 1 aromatic heterocycles. The predicted molar refractivity (Wildman–Crippen MR) is 53.4 cm³/mol. The van der Waals surface area contributed by atoms with Crippen LogP contribution < -0.4 is 5.32 Å². The number of carbonyl (C=O) groups excluding carboxylic acids is 1. The molecule has 1 amide bonds. The van der Waals surface area contributed by atoms with E-state index in [4.69, 9.17) is 9.26 Å². The zero-order valence-electron chi connectivity index (χ0n) is 8.87. The molecule has 15 heavy (non-hydrogen) atoms. The Hall–Kier alpha value is -1.36. The van der Waals surface area contributed by atoms with Crippen LogP contribution in [0.2, 0.25) is 0 Å². The number of nitrogens with one attached hydrogen (secondary N) is 1. The van der Waals surface area contributed by atoms with Crippen molar-refractivity contribution < 1.29 is 14.1 Å². The van der Waals surface area contributed by atoms with Crippen LogP contribution in [0, 0.1) is 12.3 Å². The van der Waals surface area contributed by atoms with Crippen LogP contribution in [0.25, 0.3) is 0 Å². The highest BCUT2D eigenvalue weighted by Gasteiger charge is 2.44. The van der Waals surface area contributed by atoms with Gasteiger partial charge < -0.3 is 14.6 Å². The molecular formula is C10H14N2O3. The van der Waals surface area contributed by atoms with Gasteiger partial charge in [-0.3, -0.25) is 4.79 Å². The molecule has 5 heteroatoms. The summed E-state index contributed by atoms with van der Waals surface area (Å²) in [6.45, 7) is 4.75. The van der Waals surface area contributed by atoms with E-state index in [0.717, 1.165) is 6.42 Å². The number of ether oxygens (including phenoxy) is 1. The van der Waals surface area contributed by atoms with Gasteiger partial charge in [0.15, 0.2) is 5.82 Å². The lowest BCUT2D eigenvalue weighted by molar-refractivity contribution is -0.156. The molecule has 0 atom stereocenters. The molecule has 1 N–H and O–H groups in total. The van der Waals surface area contributed by atoms with Crippen molar-refractivity contribution in [2.45, 2.75) is 20.3 Å². The maximum Gasteiger partial charge on any atom is 0.236 e. The summed E-state index contributed by atoms with van der Waals surface area (Å²) >= 11 is 0. The first-order valence-electron chi connectivity index (χ1n) is 4.99. The molecule has 1 aliphatic heterocycles. The highest BCUT2D eigenvalue weighted by molar-refractivity contribution is 5.95. The minimum Gasteiger partial charge on any atom is -0.379 e. The molecule has 0 spiro atoms. The number of rotatable bonds is 3. The molecule has 0 aromatic carbocycles. The summed E-state index contributed by atoms with van der Waals surface area (Å²) in [4.78, 5) is 11.9. The van der Waals surface area contributed by atoms with Gasteiger partial charge in [-0.15, -0.1) is 0 Å². The second-order valence-corrected chi connectivity index (χ2v) is 3.90. The number of hydrogen-bond acceptors (Lipinski definition) is 4. The van der Waals surface area contributed by atoms with Gasteiger partial charge in [0.2, 0.25) is 5.91 Å². The second kappa shape index (κ2) is 3.66. The number of hydrogen-bond donors (Lipinski definition) is 1. The highest BCUT2D eigenvalue weighted by Crippen LogP contribution is 2.32. The average molecular weight is 210 g/mol. The fraction of sp³-hybridized carbons (Fsp3) is 0.600. The zero-order chi connectivity index (χ0) is 10.9. The fourth-order valence-electron chi connectivity index (χ4n) is 1.52. The van der Waals surface area contributed by atoms with Crippen LogP contribution >= 0.6 is 0 Å². The van der Waals surface area contributed by atoms with E-state index < -0.39 is 0 Å². The van der Waals surface area contributed by atoms with Crippen molar-refractivity contribution in [3.63, 3.8) is 0 Å². The van der Waals surface area contributed by atoms with Gasteiger partial charge in [0, 0.05) is 6.07 Å². The lowest BCUT2D eigenvalue weighted by Gasteiger charge is -2.38. The van der Waals surface area contributed by atoms with Crippen LogP contribution in [0.1, 0.15) is 19.1 Å². The Kier molecular flexibility index (Phi) is 2.48. The molecule has 0 bridgehead atoms. The standard InChI is InChI=1S/C10H14N2O3/c1-3-10(5-14-6-10)9(13)11-8-4-7(2)15-12-8/h4H,3,5-6H2,1-2H3,(H,11,12,13). The maximum atomic E-state index is 11.9. The number of anilines is 1. The molecule has 82 valence electrons. The lowest BCUT2D eigenvalue weighted by Crippen LogP contribution is -2.51. The molecule has 2 rings (SSSR count). The van der Waals surface area contributed by atoms with E-state index in [1.807, 2.05) is 6.92 Å². The largest absolute Gasteiger partial charge is 0.379 e. The van der Waals surface area contributed by atoms with E-state index in [-0.39, 0.29) is 11.3 Å². The first-order valence-corrected chi connectivity index (χ1v) is 4.99. The van der Waals surface area contributed by atoms with Crippen LogP contribution in [-0.2, 0) is 9.53 Å². The second-order valence-electron chi connectivity index (χ2n) is 3.90. The third-order valence-electron chi connectivity index (χ3n) is 2.78. The van der Waals surface area contributed by atoms with Crippen molar-refractivity contribution in [2.24, 2.45) is 5.41 Å². The van der Waals surface area contributed by atoms with Gasteiger partial charge in [-0.25, -0.2) is 0 Å². The smallest absolute Gasteiger partial charge is 0.236 e. The maximum absolute atomic E-state index is 11.9. The van der Waals surface area contributed by atoms with Crippen molar-refractivity contribution in [1.29, 1.82) is 0 Å². The lowest BCUT2D eigenvalue weighted by atomic mass is 9.82. The number of amides is 1. The van der Waals surface area contributed by atoms with Crippen molar-refractivity contribution in [2.75, 3.05) is 18.5 Å². The fourth-order valence-corrected chi connectivity index (χ4v) is 1.52. The summed E-state index contributed by atoms with van der Waals surface area (Å²) < 4.78 is 9.96. The van der Waals surface area contributed by atoms with Crippen molar-refractivity contribution >= 4 is 11.7 Å². The molecule has 0 saturated carbocycles. The SMILES string of the molecule is CCC1(C(=O)Nc2cc(C)on2)COC1. The van der Waals surface area contributed by atoms with Gasteiger partial charge in [0.25, 0.3) is 0 Å². The Morgan fingerprint density at radius 3 is 2.80 bits per heavy atom. The van der Waals surface area contributed by atoms with E-state index in [0.29, 0.717) is 24.8 Å². The molecule has 1 aromatic rings. The number of nitrogens with zero attached hydrogens (tertiary/aromatic N) is 1. The molecule has 0 radical (unpaired) electrons. The summed E-state index contributed by atoms with van der Waals surface area (Å²) in [5.41, 5.74) is -0.368. The van der Waals surface area contributed by atoms with Gasteiger partial charge in [-0.05, 0) is 13.3 Å². The van der Waals surface area contributed by atoms with E-state index >= 15 is 0 Å². The van der Waals surface area contributed by atoms with Crippen LogP contribution in [0.3, 0.4) is 0 Å². The molecule has 1 fully saturated rings. The van der Waals surface area contributed by atoms with E-state index in [1.54, 1.807) is 13.0 Å². The van der Waals surface area contributed by atoms with Gasteiger partial charge in [0.1, 0.15) is 5.76 Å². The first-order chi connectivity index (χ1) is 7.16. The normalized spacial score (nSPS) is 18.3. The van der Waals surface area contributed by atoms with Crippen LogP contribution in [0.5, 0.6) is 0 Å². The molecular weight excluding hydrogens is 196 g/mol. The number of carbonyl (C=O) groups is 1. The minimum absolute atomic E-state index is 0.0375. The van der Waals surface area contributed by atoms with Crippen LogP contribution in [0.4, 0.5) is 5.82 Å². The molecule has 5 nitrogen and oxygen atoms in total. The van der Waals surface area contributed by atoms with E-state index in [1.165, 1.54) is 0 Å². The highest BCUT2D eigenvalue weighted by atomic mass is 16.5. The summed E-state index contributed by atoms with van der Waals surface area (Å²) in [6.07, 6.45) is 0.773. The number of aromatic nitrogens is 1. The van der Waals surface area contributed by atoms with Gasteiger partial charge >= 0.3 is 0 Å². The number of aryl methyl sites for hydroxylation is 1. The van der Waals surface area contributed by atoms with Gasteiger partial charge in [-0.1, -0.05) is 12.1 Å². The summed E-state index contributed by atoms with van der Waals surface area (Å²) in [5.74, 6) is 1.11. The third-order valence-corrected chi connectivity index (χ3v) is 2.78. The van der Waals surface area contributed by atoms with E-state index in [2.05, 4.69) is 10.5 Å². The Morgan fingerprint density at radius 2 is 2.40 bits per heavy atom. The summed E-state index contributed by atoms with van der Waals surface area (Å²) in [5, 5.41) is 6.45. The van der Waals surface area contributed by atoms with Gasteiger partial charge in [0.05, 0.1) is 18.6 Å². The quantitative estimate of drug-likeness (QED) is 0.817. The van der Waals surface area contributed by atoms with Crippen LogP contribution in [0.15, 0.2) is 10.6 Å². The Bertz CT molecular complexity index is 363. The molecule has 1 aliphatic rings. The van der Waals surface area contributed by atoms with Crippen LogP contribution in [-0.4, -0.2) is 24.3 Å². The first kappa shape index (κ1) is 10.2. The van der Waals surface area contributed by atoms with Crippen molar-refractivity contribution in [3.05, 3.63) is 11.8 Å². The Balaban J connectivity index is 2.03. The topological polar surface area (TPSA) is 64.4 Å². The van der Waals surface area contributed by atoms with Crippen molar-refractivity contribution in [3.8, 4) is 0 Å². The average Bonchev–Trinajstić information content (AvgIpc) is 2.50. The van der Waals surface area contributed by atoms with E-state index in [9.17, 15) is 4.79 Å². The third kappa shape index (κ3) is 1.74. The molecule has 0 aliphatic carbocycles. The predicted octanol–water partition coefficient (Wildman–Crippen LogP) is 1.35. The monoisotopic (exact) mass is 210 g/mol. The summed E-state index contributed by atoms with van der Waals surface area (Å²) in [7, 11) is 0.